The minimum Gasteiger partial charge on any atom is -0.0919 e. The van der Waals surface area contributed by atoms with Crippen LogP contribution in [-0.4, -0.2) is 8.80 Å². The number of benzene rings is 1. The van der Waals surface area contributed by atoms with E-state index in [1.807, 2.05) is 0 Å². The summed E-state index contributed by atoms with van der Waals surface area (Å²) < 4.78 is 0. The number of hydrogen-bond acceptors (Lipinski definition) is 0. The average Bonchev–Trinajstić information content (AvgIpc) is 2.60. The van der Waals surface area contributed by atoms with Gasteiger partial charge >= 0.3 is 0 Å². The fourth-order valence-electron chi connectivity index (χ4n) is 2.68. The molecule has 0 aliphatic carbocycles. The molecule has 0 saturated carbocycles. The monoisotopic (exact) mass is 327 g/mol. The van der Waals surface area contributed by atoms with E-state index >= 15 is 0 Å². The van der Waals surface area contributed by atoms with E-state index in [1.165, 1.54) is 69.4 Å². The molecular weight excluding hydrogens is 292 g/mol. The zero-order chi connectivity index (χ0) is 16.6. The van der Waals surface area contributed by atoms with Gasteiger partial charge in [0.2, 0.25) is 0 Å². The topological polar surface area (TPSA) is 0 Å². The summed E-state index contributed by atoms with van der Waals surface area (Å²) in [5.41, 5.74) is 4.99. The van der Waals surface area contributed by atoms with Crippen LogP contribution in [0, 0.1) is 0 Å². The van der Waals surface area contributed by atoms with Gasteiger partial charge in [-0.05, 0) is 25.7 Å². The molecule has 23 heavy (non-hydrogen) atoms. The Morgan fingerprint density at radius 3 is 1.70 bits per heavy atom. The van der Waals surface area contributed by atoms with Gasteiger partial charge in [0.15, 0.2) is 0 Å². The lowest BCUT2D eigenvalue weighted by Crippen LogP contribution is -2.25. The molecule has 0 bridgehead atoms. The summed E-state index contributed by atoms with van der Waals surface area (Å²) in [6.07, 6.45) is 18.2. The predicted molar refractivity (Wildman–Crippen MR) is 108 cm³/mol. The number of hydrogen-bond donors (Lipinski definition) is 0. The van der Waals surface area contributed by atoms with Crippen LogP contribution in [0.4, 0.5) is 0 Å². The van der Waals surface area contributed by atoms with Crippen molar-refractivity contribution in [3.05, 3.63) is 53.9 Å². The molecule has 1 heteroatoms. The second kappa shape index (κ2) is 14.5. The van der Waals surface area contributed by atoms with Crippen molar-refractivity contribution in [3.8, 4) is 0 Å². The molecule has 0 aromatic heterocycles. The van der Waals surface area contributed by atoms with Gasteiger partial charge in [0, 0.05) is 0 Å². The summed E-state index contributed by atoms with van der Waals surface area (Å²) in [6.45, 7) is 4.55. The normalized spacial score (nSPS) is 12.0. The van der Waals surface area contributed by atoms with Crippen LogP contribution in [0.15, 0.2) is 53.9 Å². The maximum Gasteiger partial charge on any atom is 0.138 e. The van der Waals surface area contributed by atoms with Gasteiger partial charge in [0.05, 0.1) is 0 Å². The lowest BCUT2D eigenvalue weighted by Gasteiger charge is -2.06. The highest BCUT2D eigenvalue weighted by molar-refractivity contribution is 6.82. The van der Waals surface area contributed by atoms with Crippen molar-refractivity contribution < 1.29 is 0 Å². The first-order valence-corrected chi connectivity index (χ1v) is 11.3. The van der Waals surface area contributed by atoms with Crippen molar-refractivity contribution in [1.29, 1.82) is 0 Å². The molecule has 0 atom stereocenters. The molecule has 0 aliphatic heterocycles. The standard InChI is InChI=1S/C22H35Si/c1-3-5-7-9-11-16-20-23(22-18-14-13-15-19-22)21-17-12-10-8-6-4-2/h13-21H,3-12H2,1-2H3/b20-16+,21-17+. The molecule has 0 unspecified atom stereocenters. The zero-order valence-electron chi connectivity index (χ0n) is 15.3. The molecule has 1 aromatic rings. The third-order valence-corrected chi connectivity index (χ3v) is 6.34. The largest absolute Gasteiger partial charge is 0.138 e. The van der Waals surface area contributed by atoms with Crippen molar-refractivity contribution >= 4 is 14.0 Å². The molecule has 0 aliphatic rings. The van der Waals surface area contributed by atoms with Crippen LogP contribution in [0.3, 0.4) is 0 Å². The molecular formula is C22H35Si. The Hall–Kier alpha value is -1.08. The lowest BCUT2D eigenvalue weighted by atomic mass is 10.2. The summed E-state index contributed by atoms with van der Waals surface area (Å²) in [6, 6.07) is 11.0. The van der Waals surface area contributed by atoms with Gasteiger partial charge in [-0.15, -0.1) is 0 Å². The van der Waals surface area contributed by atoms with E-state index in [9.17, 15) is 0 Å². The van der Waals surface area contributed by atoms with Crippen LogP contribution < -0.4 is 5.19 Å². The van der Waals surface area contributed by atoms with Crippen molar-refractivity contribution in [2.75, 3.05) is 0 Å². The van der Waals surface area contributed by atoms with E-state index in [-0.39, 0.29) is 0 Å². The van der Waals surface area contributed by atoms with Crippen molar-refractivity contribution in [1.82, 2.24) is 0 Å². The zero-order valence-corrected chi connectivity index (χ0v) is 16.3. The molecule has 0 amide bonds. The third kappa shape index (κ3) is 10.3. The first kappa shape index (κ1) is 20.0. The number of unbranched alkanes of at least 4 members (excludes halogenated alkanes) is 8. The highest BCUT2D eigenvalue weighted by atomic mass is 28.3. The molecule has 0 N–H and O–H groups in total. The summed E-state index contributed by atoms with van der Waals surface area (Å²) >= 11 is 0. The van der Waals surface area contributed by atoms with Gasteiger partial charge in [0.1, 0.15) is 8.80 Å². The Kier molecular flexibility index (Phi) is 12.6. The first-order chi connectivity index (χ1) is 11.4. The summed E-state index contributed by atoms with van der Waals surface area (Å²) in [5.74, 6) is 0. The lowest BCUT2D eigenvalue weighted by molar-refractivity contribution is 0.674. The molecule has 127 valence electrons. The average molecular weight is 328 g/mol. The quantitative estimate of drug-likeness (QED) is 0.286. The Morgan fingerprint density at radius 1 is 0.696 bits per heavy atom. The van der Waals surface area contributed by atoms with Crippen molar-refractivity contribution in [3.63, 3.8) is 0 Å². The Labute approximate surface area is 146 Å². The SMILES string of the molecule is CCCCCC/C=C/[Si](/C=C/CCCCCC)c1ccccc1. The van der Waals surface area contributed by atoms with E-state index in [0.29, 0.717) is 0 Å². The minimum absolute atomic E-state index is 0.668. The Morgan fingerprint density at radius 2 is 1.22 bits per heavy atom. The highest BCUT2D eigenvalue weighted by Gasteiger charge is 2.05. The number of allylic oxidation sites excluding steroid dienone is 2. The molecule has 0 fully saturated rings. The van der Waals surface area contributed by atoms with Crippen LogP contribution >= 0.6 is 0 Å². The summed E-state index contributed by atoms with van der Waals surface area (Å²) in [5, 5.41) is 1.51. The smallest absolute Gasteiger partial charge is 0.0919 e. The number of rotatable bonds is 13. The van der Waals surface area contributed by atoms with Crippen LogP contribution in [0.2, 0.25) is 0 Å². The third-order valence-electron chi connectivity index (χ3n) is 4.15. The minimum atomic E-state index is -0.668. The van der Waals surface area contributed by atoms with Crippen LogP contribution in [0.25, 0.3) is 0 Å². The fraction of sp³-hybridized carbons (Fsp3) is 0.545. The van der Waals surface area contributed by atoms with E-state index in [4.69, 9.17) is 0 Å². The Balaban J connectivity index is 2.46. The molecule has 0 heterocycles. The van der Waals surface area contributed by atoms with Crippen LogP contribution in [0.1, 0.15) is 78.1 Å². The van der Waals surface area contributed by atoms with Gasteiger partial charge in [0.25, 0.3) is 0 Å². The van der Waals surface area contributed by atoms with Crippen molar-refractivity contribution in [2.45, 2.75) is 78.1 Å². The highest BCUT2D eigenvalue weighted by Crippen LogP contribution is 2.06. The molecule has 1 aromatic carbocycles. The first-order valence-electron chi connectivity index (χ1n) is 9.64. The maximum absolute atomic E-state index is 2.49. The summed E-state index contributed by atoms with van der Waals surface area (Å²) in [7, 11) is -0.668. The molecule has 1 radical (unpaired) electrons. The van der Waals surface area contributed by atoms with Crippen LogP contribution in [0.5, 0.6) is 0 Å². The van der Waals surface area contributed by atoms with Gasteiger partial charge in [-0.25, -0.2) is 0 Å². The van der Waals surface area contributed by atoms with Crippen LogP contribution in [-0.2, 0) is 0 Å². The predicted octanol–water partition coefficient (Wildman–Crippen LogP) is 6.52. The fourth-order valence-corrected chi connectivity index (χ4v) is 4.59. The molecule has 0 nitrogen and oxygen atoms in total. The van der Waals surface area contributed by atoms with E-state index in [2.05, 4.69) is 67.7 Å². The second-order valence-electron chi connectivity index (χ2n) is 6.32. The van der Waals surface area contributed by atoms with Crippen molar-refractivity contribution in [2.24, 2.45) is 0 Å². The Bertz CT molecular complexity index is 397. The van der Waals surface area contributed by atoms with E-state index in [0.717, 1.165) is 0 Å². The molecule has 0 spiro atoms. The second-order valence-corrected chi connectivity index (χ2v) is 8.48. The van der Waals surface area contributed by atoms with Gasteiger partial charge in [-0.2, -0.15) is 0 Å². The maximum atomic E-state index is 2.49. The van der Waals surface area contributed by atoms with E-state index in [1.54, 1.807) is 0 Å². The van der Waals surface area contributed by atoms with Gasteiger partial charge in [-0.3, -0.25) is 0 Å². The summed E-state index contributed by atoms with van der Waals surface area (Å²) in [4.78, 5) is 0. The van der Waals surface area contributed by atoms with E-state index < -0.39 is 8.80 Å². The molecule has 1 rings (SSSR count). The van der Waals surface area contributed by atoms with Gasteiger partial charge in [-0.1, -0.05) is 111 Å². The van der Waals surface area contributed by atoms with Gasteiger partial charge < -0.3 is 0 Å². The molecule has 0 saturated heterocycles.